The molecule has 0 radical (unpaired) electrons. The Morgan fingerprint density at radius 1 is 1.40 bits per heavy atom. The van der Waals surface area contributed by atoms with Gasteiger partial charge in [-0.05, 0) is 19.4 Å². The minimum atomic E-state index is 1.05. The lowest BCUT2D eigenvalue weighted by Crippen LogP contribution is -1.70. The summed E-state index contributed by atoms with van der Waals surface area (Å²) in [6.45, 7) is 11.4. The summed E-state index contributed by atoms with van der Waals surface area (Å²) in [6, 6.07) is 0. The van der Waals surface area contributed by atoms with Crippen molar-refractivity contribution in [3.8, 4) is 0 Å². The summed E-state index contributed by atoms with van der Waals surface area (Å²) in [5, 5.41) is 0. The van der Waals surface area contributed by atoms with Gasteiger partial charge >= 0.3 is 0 Å². The molecule has 0 heterocycles. The van der Waals surface area contributed by atoms with Crippen LogP contribution in [-0.2, 0) is 0 Å². The van der Waals surface area contributed by atoms with Crippen LogP contribution < -0.4 is 0 Å². The van der Waals surface area contributed by atoms with Crippen LogP contribution in [0.2, 0.25) is 0 Å². The van der Waals surface area contributed by atoms with E-state index in [1.54, 1.807) is 0 Å². The maximum atomic E-state index is 3.77. The van der Waals surface area contributed by atoms with Crippen LogP contribution in [0.3, 0.4) is 0 Å². The summed E-state index contributed by atoms with van der Waals surface area (Å²) < 4.78 is 0. The Labute approximate surface area is 63.3 Å². The fraction of sp³-hybridized carbons (Fsp3) is 0.200. The minimum Gasteiger partial charge on any atom is -0.0985 e. The Balaban J connectivity index is 4.33. The van der Waals surface area contributed by atoms with Crippen molar-refractivity contribution in [2.24, 2.45) is 0 Å². The van der Waals surface area contributed by atoms with E-state index < -0.39 is 0 Å². The van der Waals surface area contributed by atoms with Gasteiger partial charge in [-0.3, -0.25) is 0 Å². The maximum Gasteiger partial charge on any atom is -0.0263 e. The van der Waals surface area contributed by atoms with Crippen molar-refractivity contribution in [1.82, 2.24) is 0 Å². The summed E-state index contributed by atoms with van der Waals surface area (Å²) in [6.07, 6.45) is 7.79. The zero-order valence-corrected chi connectivity index (χ0v) is 6.72. The molecule has 0 nitrogen and oxygen atoms in total. The van der Waals surface area contributed by atoms with Gasteiger partial charge in [0.15, 0.2) is 0 Å². The van der Waals surface area contributed by atoms with E-state index in [1.807, 2.05) is 38.2 Å². The molecule has 0 rings (SSSR count). The van der Waals surface area contributed by atoms with E-state index in [0.29, 0.717) is 0 Å². The van der Waals surface area contributed by atoms with Crippen LogP contribution in [0, 0.1) is 0 Å². The summed E-state index contributed by atoms with van der Waals surface area (Å²) in [5.74, 6) is 0. The number of rotatable bonds is 3. The van der Waals surface area contributed by atoms with Gasteiger partial charge in [-0.15, -0.1) is 0 Å². The molecule has 0 aromatic rings. The highest BCUT2D eigenvalue weighted by Crippen LogP contribution is 2.02. The minimum absolute atomic E-state index is 1.05. The maximum absolute atomic E-state index is 3.77. The normalized spacial score (nSPS) is 12.0. The van der Waals surface area contributed by atoms with Gasteiger partial charge in [-0.2, -0.15) is 0 Å². The molecule has 0 heteroatoms. The predicted octanol–water partition coefficient (Wildman–Crippen LogP) is 3.25. The van der Waals surface area contributed by atoms with Gasteiger partial charge in [-0.1, -0.05) is 43.0 Å². The molecule has 0 unspecified atom stereocenters. The quantitative estimate of drug-likeness (QED) is 0.520. The Bertz CT molecular complexity index is 180. The molecule has 0 aromatic carbocycles. The lowest BCUT2D eigenvalue weighted by atomic mass is 10.2. The first-order valence-corrected chi connectivity index (χ1v) is 3.33. The highest BCUT2D eigenvalue weighted by molar-refractivity contribution is 5.34. The van der Waals surface area contributed by atoms with E-state index in [9.17, 15) is 0 Å². The number of hydrogen-bond donors (Lipinski definition) is 0. The molecule has 0 aliphatic heterocycles. The van der Waals surface area contributed by atoms with Crippen molar-refractivity contribution in [1.29, 1.82) is 0 Å². The summed E-state index contributed by atoms with van der Waals surface area (Å²) in [7, 11) is 0. The first-order valence-electron chi connectivity index (χ1n) is 3.33. The zero-order chi connectivity index (χ0) is 7.98. The molecule has 0 aliphatic rings. The van der Waals surface area contributed by atoms with Gasteiger partial charge in [-0.25, -0.2) is 0 Å². The first-order chi connectivity index (χ1) is 4.70. The average molecular weight is 134 g/mol. The second-order valence-corrected chi connectivity index (χ2v) is 2.19. The largest absolute Gasteiger partial charge is 0.0985 e. The molecule has 0 aromatic heterocycles. The monoisotopic (exact) mass is 134 g/mol. The summed E-state index contributed by atoms with van der Waals surface area (Å²) in [4.78, 5) is 0. The van der Waals surface area contributed by atoms with Gasteiger partial charge in [0.2, 0.25) is 0 Å². The molecule has 0 saturated heterocycles. The van der Waals surface area contributed by atoms with Gasteiger partial charge in [0, 0.05) is 0 Å². The molecule has 0 atom stereocenters. The highest BCUT2D eigenvalue weighted by Gasteiger charge is 1.81. The molecular weight excluding hydrogens is 120 g/mol. The van der Waals surface area contributed by atoms with Gasteiger partial charge < -0.3 is 0 Å². The third-order valence-corrected chi connectivity index (χ3v) is 1.01. The second-order valence-electron chi connectivity index (χ2n) is 2.19. The highest BCUT2D eigenvalue weighted by atomic mass is 13.9. The Morgan fingerprint density at radius 3 is 2.30 bits per heavy atom. The first kappa shape index (κ1) is 8.96. The fourth-order valence-electron chi connectivity index (χ4n) is 0.652. The molecule has 0 fully saturated rings. The van der Waals surface area contributed by atoms with Gasteiger partial charge in [0.05, 0.1) is 0 Å². The standard InChI is InChI=1S/C10H14/c1-5-7-10(6-2)8-9(3)4/h5-8H,2-3H2,1,4H3/b7-5+,10-8+. The third-order valence-electron chi connectivity index (χ3n) is 1.01. The number of allylic oxidation sites excluding steroid dienone is 6. The molecule has 0 spiro atoms. The Morgan fingerprint density at radius 2 is 2.00 bits per heavy atom. The van der Waals surface area contributed by atoms with Crippen molar-refractivity contribution in [3.63, 3.8) is 0 Å². The Kier molecular flexibility index (Phi) is 4.30. The van der Waals surface area contributed by atoms with Crippen LogP contribution in [0.15, 0.2) is 48.6 Å². The van der Waals surface area contributed by atoms with Crippen molar-refractivity contribution in [3.05, 3.63) is 48.6 Å². The van der Waals surface area contributed by atoms with E-state index in [4.69, 9.17) is 0 Å². The van der Waals surface area contributed by atoms with Gasteiger partial charge in [0.1, 0.15) is 0 Å². The van der Waals surface area contributed by atoms with Crippen LogP contribution >= 0.6 is 0 Å². The molecule has 54 valence electrons. The van der Waals surface area contributed by atoms with Crippen LogP contribution in [0.4, 0.5) is 0 Å². The smallest absolute Gasteiger partial charge is 0.0263 e. The molecule has 0 saturated carbocycles. The predicted molar refractivity (Wildman–Crippen MR) is 47.9 cm³/mol. The van der Waals surface area contributed by atoms with Crippen LogP contribution in [0.25, 0.3) is 0 Å². The Hall–Kier alpha value is -1.04. The molecule has 0 N–H and O–H groups in total. The SMILES string of the molecule is C=CC(/C=C/C)=C\C(=C)C. The van der Waals surface area contributed by atoms with Gasteiger partial charge in [0.25, 0.3) is 0 Å². The molecular formula is C10H14. The topological polar surface area (TPSA) is 0 Å². The summed E-state index contributed by atoms with van der Waals surface area (Å²) >= 11 is 0. The molecule has 10 heavy (non-hydrogen) atoms. The van der Waals surface area contributed by atoms with Crippen molar-refractivity contribution >= 4 is 0 Å². The zero-order valence-electron chi connectivity index (χ0n) is 6.72. The van der Waals surface area contributed by atoms with Crippen molar-refractivity contribution in [2.75, 3.05) is 0 Å². The average Bonchev–Trinajstić information content (AvgIpc) is 1.86. The number of hydrogen-bond acceptors (Lipinski definition) is 0. The third kappa shape index (κ3) is 3.90. The van der Waals surface area contributed by atoms with E-state index in [2.05, 4.69) is 13.2 Å². The fourth-order valence-corrected chi connectivity index (χ4v) is 0.652. The molecule has 0 amide bonds. The molecule has 0 bridgehead atoms. The van der Waals surface area contributed by atoms with E-state index in [0.717, 1.165) is 11.1 Å². The lowest BCUT2D eigenvalue weighted by Gasteiger charge is -1.91. The summed E-state index contributed by atoms with van der Waals surface area (Å²) in [5.41, 5.74) is 2.16. The van der Waals surface area contributed by atoms with Crippen molar-refractivity contribution in [2.45, 2.75) is 13.8 Å². The van der Waals surface area contributed by atoms with E-state index >= 15 is 0 Å². The second kappa shape index (κ2) is 4.80. The van der Waals surface area contributed by atoms with Crippen molar-refractivity contribution < 1.29 is 0 Å². The van der Waals surface area contributed by atoms with Crippen LogP contribution in [0.1, 0.15) is 13.8 Å². The van der Waals surface area contributed by atoms with Crippen LogP contribution in [0.5, 0.6) is 0 Å². The lowest BCUT2D eigenvalue weighted by molar-refractivity contribution is 1.51. The van der Waals surface area contributed by atoms with Crippen LogP contribution in [-0.4, -0.2) is 0 Å². The van der Waals surface area contributed by atoms with E-state index in [-0.39, 0.29) is 0 Å². The van der Waals surface area contributed by atoms with E-state index in [1.165, 1.54) is 0 Å². The molecule has 0 aliphatic carbocycles.